The van der Waals surface area contributed by atoms with Crippen LogP contribution >= 0.6 is 0 Å². The molecule has 2 amide bonds. The summed E-state index contributed by atoms with van der Waals surface area (Å²) in [7, 11) is -1.77. The third-order valence-electron chi connectivity index (χ3n) is 3.97. The van der Waals surface area contributed by atoms with Crippen molar-refractivity contribution in [3.05, 3.63) is 24.3 Å². The number of carbonyl (C=O) groups is 2. The van der Waals surface area contributed by atoms with E-state index in [1.807, 2.05) is 13.0 Å². The van der Waals surface area contributed by atoms with Crippen molar-refractivity contribution in [3.63, 3.8) is 0 Å². The molecule has 25 heavy (non-hydrogen) atoms. The summed E-state index contributed by atoms with van der Waals surface area (Å²) < 4.78 is 29.6. The smallest absolute Gasteiger partial charge is 0.246 e. The first-order valence-electron chi connectivity index (χ1n) is 7.90. The maximum atomic E-state index is 12.5. The van der Waals surface area contributed by atoms with Crippen LogP contribution in [0.2, 0.25) is 0 Å². The van der Waals surface area contributed by atoms with Crippen molar-refractivity contribution in [1.82, 2.24) is 9.62 Å². The first kappa shape index (κ1) is 19.2. The zero-order valence-electron chi connectivity index (χ0n) is 14.6. The lowest BCUT2D eigenvalue weighted by Crippen LogP contribution is -2.57. The molecule has 1 unspecified atom stereocenters. The largest absolute Gasteiger partial charge is 0.497 e. The van der Waals surface area contributed by atoms with Gasteiger partial charge >= 0.3 is 0 Å². The molecule has 1 aliphatic rings. The third-order valence-corrected chi connectivity index (χ3v) is 4.70. The lowest BCUT2D eigenvalue weighted by atomic mass is 10.1. The predicted molar refractivity (Wildman–Crippen MR) is 94.0 cm³/mol. The van der Waals surface area contributed by atoms with E-state index in [2.05, 4.69) is 4.72 Å². The molecule has 1 saturated heterocycles. The molecule has 1 N–H and O–H groups in total. The Bertz CT molecular complexity index is 750. The van der Waals surface area contributed by atoms with E-state index in [0.29, 0.717) is 12.3 Å². The molecule has 0 spiro atoms. The molecule has 1 aromatic carbocycles. The monoisotopic (exact) mass is 369 g/mol. The molecule has 138 valence electrons. The zero-order valence-corrected chi connectivity index (χ0v) is 15.4. The maximum Gasteiger partial charge on any atom is 0.246 e. The number of anilines is 1. The summed E-state index contributed by atoms with van der Waals surface area (Å²) in [5.41, 5.74) is 0.724. The van der Waals surface area contributed by atoms with Gasteiger partial charge in [-0.15, -0.1) is 0 Å². The number of nitrogens with one attached hydrogen (secondary N) is 1. The summed E-state index contributed by atoms with van der Waals surface area (Å²) >= 11 is 0. The molecule has 0 radical (unpaired) electrons. The van der Waals surface area contributed by atoms with Gasteiger partial charge in [-0.05, 0) is 19.1 Å². The highest BCUT2D eigenvalue weighted by molar-refractivity contribution is 7.88. The van der Waals surface area contributed by atoms with Crippen molar-refractivity contribution in [2.24, 2.45) is 0 Å². The number of rotatable bonds is 6. The van der Waals surface area contributed by atoms with Gasteiger partial charge in [-0.25, -0.2) is 13.1 Å². The number of carbonyl (C=O) groups excluding carboxylic acids is 2. The lowest BCUT2D eigenvalue weighted by molar-refractivity contribution is -0.139. The number of benzene rings is 1. The molecular formula is C16H23N3O5S. The fourth-order valence-corrected chi connectivity index (χ4v) is 3.17. The first-order chi connectivity index (χ1) is 11.7. The van der Waals surface area contributed by atoms with Crippen LogP contribution in [0.3, 0.4) is 0 Å². The van der Waals surface area contributed by atoms with E-state index < -0.39 is 10.0 Å². The molecule has 0 aromatic heterocycles. The topological polar surface area (TPSA) is 96.0 Å². The van der Waals surface area contributed by atoms with Gasteiger partial charge in [0.05, 0.1) is 13.4 Å². The van der Waals surface area contributed by atoms with Crippen LogP contribution in [0.5, 0.6) is 5.75 Å². The molecule has 0 aliphatic carbocycles. The van der Waals surface area contributed by atoms with Gasteiger partial charge in [0.1, 0.15) is 12.3 Å². The Morgan fingerprint density at radius 3 is 2.76 bits per heavy atom. The van der Waals surface area contributed by atoms with Crippen molar-refractivity contribution in [1.29, 1.82) is 0 Å². The Balaban J connectivity index is 2.01. The molecule has 1 heterocycles. The van der Waals surface area contributed by atoms with E-state index in [0.717, 1.165) is 11.9 Å². The molecule has 9 heteroatoms. The van der Waals surface area contributed by atoms with Crippen LogP contribution in [-0.2, 0) is 19.6 Å². The summed E-state index contributed by atoms with van der Waals surface area (Å²) in [4.78, 5) is 27.9. The minimum atomic E-state index is -3.33. The molecule has 2 rings (SSSR count). The van der Waals surface area contributed by atoms with Gasteiger partial charge in [0, 0.05) is 37.3 Å². The molecular weight excluding hydrogens is 346 g/mol. The molecule has 1 aliphatic heterocycles. The Hall–Kier alpha value is -2.13. The van der Waals surface area contributed by atoms with Crippen molar-refractivity contribution >= 4 is 27.5 Å². The second-order valence-electron chi connectivity index (χ2n) is 5.99. The average Bonchev–Trinajstić information content (AvgIpc) is 2.55. The van der Waals surface area contributed by atoms with Gasteiger partial charge in [-0.3, -0.25) is 9.59 Å². The van der Waals surface area contributed by atoms with Crippen molar-refractivity contribution < 1.29 is 22.7 Å². The summed E-state index contributed by atoms with van der Waals surface area (Å²) in [5.74, 6) is 0.223. The summed E-state index contributed by atoms with van der Waals surface area (Å²) in [5, 5.41) is 0. The van der Waals surface area contributed by atoms with Crippen LogP contribution in [0.15, 0.2) is 24.3 Å². The predicted octanol–water partition coefficient (Wildman–Crippen LogP) is 0.198. The van der Waals surface area contributed by atoms with Crippen LogP contribution < -0.4 is 14.4 Å². The second kappa shape index (κ2) is 7.83. The maximum absolute atomic E-state index is 12.5. The average molecular weight is 369 g/mol. The number of piperazine rings is 1. The van der Waals surface area contributed by atoms with Crippen LogP contribution in [-0.4, -0.2) is 64.2 Å². The second-order valence-corrected chi connectivity index (χ2v) is 7.83. The summed E-state index contributed by atoms with van der Waals surface area (Å²) in [6.07, 6.45) is 1.06. The standard InChI is InChI=1S/C16H23N3O5S/c1-12-10-19(13-5-4-6-14(9-13)24-2)16(21)11-18(12)15(20)7-8-17-25(3,22)23/h4-6,9,12,17H,7-8,10-11H2,1-3H3. The number of hydrogen-bond donors (Lipinski definition) is 1. The van der Waals surface area contributed by atoms with Gasteiger partial charge < -0.3 is 14.5 Å². The highest BCUT2D eigenvalue weighted by Crippen LogP contribution is 2.24. The normalized spacial score (nSPS) is 18.4. The minimum Gasteiger partial charge on any atom is -0.497 e. The van der Waals surface area contributed by atoms with Gasteiger partial charge in [-0.1, -0.05) is 6.07 Å². The van der Waals surface area contributed by atoms with Gasteiger partial charge in [0.25, 0.3) is 0 Å². The van der Waals surface area contributed by atoms with Crippen molar-refractivity contribution in [2.75, 3.05) is 37.9 Å². The van der Waals surface area contributed by atoms with E-state index >= 15 is 0 Å². The van der Waals surface area contributed by atoms with Gasteiger partial charge in [0.2, 0.25) is 21.8 Å². The number of hydrogen-bond acceptors (Lipinski definition) is 5. The van der Waals surface area contributed by atoms with Crippen LogP contribution in [0.1, 0.15) is 13.3 Å². The zero-order chi connectivity index (χ0) is 18.6. The molecule has 0 bridgehead atoms. The highest BCUT2D eigenvalue weighted by Gasteiger charge is 2.33. The van der Waals surface area contributed by atoms with E-state index in [1.165, 1.54) is 4.90 Å². The quantitative estimate of drug-likeness (QED) is 0.773. The molecule has 1 aromatic rings. The Morgan fingerprint density at radius 1 is 1.40 bits per heavy atom. The third kappa shape index (κ3) is 5.17. The molecule has 0 saturated carbocycles. The van der Waals surface area contributed by atoms with Crippen LogP contribution in [0.25, 0.3) is 0 Å². The molecule has 1 atom stereocenters. The van der Waals surface area contributed by atoms with E-state index in [9.17, 15) is 18.0 Å². The Morgan fingerprint density at radius 2 is 2.12 bits per heavy atom. The number of amides is 2. The van der Waals surface area contributed by atoms with Gasteiger partial charge in [-0.2, -0.15) is 0 Å². The summed E-state index contributed by atoms with van der Waals surface area (Å²) in [6, 6.07) is 7.03. The number of nitrogens with zero attached hydrogens (tertiary/aromatic N) is 2. The fourth-order valence-electron chi connectivity index (χ4n) is 2.70. The highest BCUT2D eigenvalue weighted by atomic mass is 32.2. The first-order valence-corrected chi connectivity index (χ1v) is 9.79. The Kier molecular flexibility index (Phi) is 6.02. The SMILES string of the molecule is COc1cccc(N2CC(C)N(C(=O)CCNS(C)(=O)=O)CC2=O)c1. The number of ether oxygens (including phenoxy) is 1. The lowest BCUT2D eigenvalue weighted by Gasteiger charge is -2.39. The molecule has 1 fully saturated rings. The molecule has 8 nitrogen and oxygen atoms in total. The number of methoxy groups -OCH3 is 1. The van der Waals surface area contributed by atoms with Crippen LogP contribution in [0, 0.1) is 0 Å². The summed E-state index contributed by atoms with van der Waals surface area (Å²) in [6.45, 7) is 2.23. The minimum absolute atomic E-state index is 0.0177. The van der Waals surface area contributed by atoms with Crippen molar-refractivity contribution in [3.8, 4) is 5.75 Å². The number of sulfonamides is 1. The van der Waals surface area contributed by atoms with E-state index in [-0.39, 0.29) is 37.4 Å². The fraction of sp³-hybridized carbons (Fsp3) is 0.500. The Labute approximate surface area is 147 Å². The van der Waals surface area contributed by atoms with E-state index in [1.54, 1.807) is 30.2 Å². The van der Waals surface area contributed by atoms with E-state index in [4.69, 9.17) is 4.74 Å². The van der Waals surface area contributed by atoms with Gasteiger partial charge in [0.15, 0.2) is 0 Å². The van der Waals surface area contributed by atoms with Crippen molar-refractivity contribution in [2.45, 2.75) is 19.4 Å². The van der Waals surface area contributed by atoms with Crippen LogP contribution in [0.4, 0.5) is 5.69 Å².